The Hall–Kier alpha value is -2.53. The van der Waals surface area contributed by atoms with Crippen LogP contribution >= 0.6 is 0 Å². The van der Waals surface area contributed by atoms with Crippen LogP contribution in [0.25, 0.3) is 0 Å². The van der Waals surface area contributed by atoms with Crippen molar-refractivity contribution in [3.8, 4) is 5.75 Å². The van der Waals surface area contributed by atoms with E-state index in [0.29, 0.717) is 19.1 Å². The lowest BCUT2D eigenvalue weighted by Gasteiger charge is -2.44. The van der Waals surface area contributed by atoms with Gasteiger partial charge >= 0.3 is 0 Å². The molecule has 1 aliphatic carbocycles. The standard InChI is InChI=1S/C40H58O5Si2/c1-39(2,3)47(36-24-14-10-15-25-36,37-26-16-11-17-27-37)44-30-19-21-33(28-31-43-35-22-12-9-13-23-35)40(45-46(6,7)8)29-18-20-34(40)32-38(41-4)42-5/h9-17,22-28,34,38H,18-21,29-32H2,1-8H3/b33-28+/t34-,40+/m0/s1. The predicted molar refractivity (Wildman–Crippen MR) is 200 cm³/mol. The molecule has 7 heteroatoms. The molecule has 2 atom stereocenters. The van der Waals surface area contributed by atoms with Crippen LogP contribution in [0.2, 0.25) is 24.7 Å². The van der Waals surface area contributed by atoms with Crippen LogP contribution in [-0.2, 0) is 18.3 Å². The number of hydrogen-bond donors (Lipinski definition) is 0. The Labute approximate surface area is 286 Å². The lowest BCUT2D eigenvalue weighted by Crippen LogP contribution is -2.66. The summed E-state index contributed by atoms with van der Waals surface area (Å²) in [5, 5.41) is 2.56. The Morgan fingerprint density at radius 2 is 1.40 bits per heavy atom. The van der Waals surface area contributed by atoms with Crippen LogP contribution in [0.5, 0.6) is 5.75 Å². The minimum Gasteiger partial charge on any atom is -0.490 e. The molecule has 0 bridgehead atoms. The molecule has 0 saturated heterocycles. The zero-order valence-electron chi connectivity index (χ0n) is 30.1. The first-order valence-electron chi connectivity index (χ1n) is 17.3. The second-order valence-corrected chi connectivity index (χ2v) is 23.5. The van der Waals surface area contributed by atoms with Gasteiger partial charge in [-0.3, -0.25) is 0 Å². The Balaban J connectivity index is 1.67. The van der Waals surface area contributed by atoms with Gasteiger partial charge in [0.25, 0.3) is 8.32 Å². The van der Waals surface area contributed by atoms with Crippen molar-refractivity contribution in [2.45, 2.75) is 95.9 Å². The summed E-state index contributed by atoms with van der Waals surface area (Å²) in [5.41, 5.74) is 0.951. The average Bonchev–Trinajstić information content (AvgIpc) is 3.44. The summed E-state index contributed by atoms with van der Waals surface area (Å²) in [5.74, 6) is 1.17. The maximum absolute atomic E-state index is 7.32. The normalized spacial score (nSPS) is 19.3. The van der Waals surface area contributed by atoms with Crippen molar-refractivity contribution in [3.63, 3.8) is 0 Å². The fourth-order valence-corrected chi connectivity index (χ4v) is 13.6. The van der Waals surface area contributed by atoms with Crippen LogP contribution in [0.1, 0.15) is 59.3 Å². The van der Waals surface area contributed by atoms with E-state index in [0.717, 1.165) is 44.3 Å². The van der Waals surface area contributed by atoms with E-state index in [1.54, 1.807) is 14.2 Å². The van der Waals surface area contributed by atoms with Crippen molar-refractivity contribution in [1.29, 1.82) is 0 Å². The van der Waals surface area contributed by atoms with Gasteiger partial charge in [0.05, 0.1) is 5.60 Å². The topological polar surface area (TPSA) is 46.2 Å². The molecule has 1 saturated carbocycles. The number of methoxy groups -OCH3 is 2. The first-order valence-corrected chi connectivity index (χ1v) is 22.6. The van der Waals surface area contributed by atoms with Gasteiger partial charge in [-0.25, -0.2) is 0 Å². The van der Waals surface area contributed by atoms with Gasteiger partial charge in [0, 0.05) is 27.2 Å². The van der Waals surface area contributed by atoms with E-state index in [-0.39, 0.29) is 16.9 Å². The van der Waals surface area contributed by atoms with Crippen LogP contribution in [0.15, 0.2) is 103 Å². The first-order chi connectivity index (χ1) is 22.4. The number of para-hydroxylation sites is 1. The lowest BCUT2D eigenvalue weighted by atomic mass is 9.79. The van der Waals surface area contributed by atoms with Gasteiger partial charge in [-0.05, 0) is 96.9 Å². The van der Waals surface area contributed by atoms with Crippen molar-refractivity contribution in [3.05, 3.63) is 103 Å². The molecule has 4 rings (SSSR count). The maximum atomic E-state index is 7.32. The highest BCUT2D eigenvalue weighted by Gasteiger charge is 2.51. The molecule has 5 nitrogen and oxygen atoms in total. The third-order valence-corrected chi connectivity index (χ3v) is 15.5. The molecular formula is C40H58O5Si2. The van der Waals surface area contributed by atoms with Crippen LogP contribution < -0.4 is 15.1 Å². The molecular weight excluding hydrogens is 617 g/mol. The number of rotatable bonds is 17. The van der Waals surface area contributed by atoms with Gasteiger partial charge in [0.1, 0.15) is 12.4 Å². The van der Waals surface area contributed by atoms with Crippen molar-refractivity contribution in [2.24, 2.45) is 5.92 Å². The predicted octanol–water partition coefficient (Wildman–Crippen LogP) is 8.75. The third kappa shape index (κ3) is 9.34. The average molecular weight is 675 g/mol. The zero-order valence-corrected chi connectivity index (χ0v) is 32.1. The minimum absolute atomic E-state index is 0.0636. The number of benzene rings is 3. The molecule has 1 aliphatic rings. The van der Waals surface area contributed by atoms with Gasteiger partial charge in [0.15, 0.2) is 14.6 Å². The van der Waals surface area contributed by atoms with Gasteiger partial charge < -0.3 is 23.1 Å². The zero-order chi connectivity index (χ0) is 34.0. The molecule has 3 aromatic carbocycles. The summed E-state index contributed by atoms with van der Waals surface area (Å²) in [6.45, 7) is 15.1. The van der Waals surface area contributed by atoms with E-state index in [1.165, 1.54) is 15.9 Å². The molecule has 0 radical (unpaired) electrons. The summed E-state index contributed by atoms with van der Waals surface area (Å²) in [7, 11) is -1.11. The minimum atomic E-state index is -2.63. The SMILES string of the molecule is COC(C[C@@H]1CCC[C@@]1(O[Si](C)(C)C)/C(=C/COc1ccccc1)CCCO[Si](c1ccccc1)(c1ccccc1)C(C)(C)C)OC. The summed E-state index contributed by atoms with van der Waals surface area (Å²) >= 11 is 0. The smallest absolute Gasteiger partial charge is 0.261 e. The molecule has 0 amide bonds. The van der Waals surface area contributed by atoms with Crippen LogP contribution in [0.4, 0.5) is 0 Å². The number of ether oxygens (including phenoxy) is 3. The molecule has 1 fully saturated rings. The molecule has 0 spiro atoms. The fraction of sp³-hybridized carbons (Fsp3) is 0.500. The number of hydrogen-bond acceptors (Lipinski definition) is 5. The Morgan fingerprint density at radius 1 is 0.851 bits per heavy atom. The summed E-state index contributed by atoms with van der Waals surface area (Å²) in [6.07, 6.45) is 7.81. The second-order valence-electron chi connectivity index (χ2n) is 14.8. The lowest BCUT2D eigenvalue weighted by molar-refractivity contribution is -0.124. The van der Waals surface area contributed by atoms with E-state index in [2.05, 4.69) is 107 Å². The Kier molecular flexibility index (Phi) is 13.3. The summed E-state index contributed by atoms with van der Waals surface area (Å²) in [6, 6.07) is 31.9. The van der Waals surface area contributed by atoms with Crippen molar-refractivity contribution >= 4 is 27.0 Å². The largest absolute Gasteiger partial charge is 0.490 e. The molecule has 0 N–H and O–H groups in total. The van der Waals surface area contributed by atoms with Crippen molar-refractivity contribution < 1.29 is 23.1 Å². The third-order valence-electron chi connectivity index (χ3n) is 9.44. The van der Waals surface area contributed by atoms with Gasteiger partial charge in [0.2, 0.25) is 0 Å². The summed E-state index contributed by atoms with van der Waals surface area (Å²) < 4.78 is 32.4. The van der Waals surface area contributed by atoms with Crippen LogP contribution in [0, 0.1) is 5.92 Å². The molecule has 3 aromatic rings. The molecule has 0 aliphatic heterocycles. The van der Waals surface area contributed by atoms with Crippen LogP contribution in [-0.4, -0.2) is 56.0 Å². The second kappa shape index (κ2) is 16.7. The first kappa shape index (κ1) is 37.3. The molecule has 0 unspecified atom stereocenters. The van der Waals surface area contributed by atoms with Gasteiger partial charge in [-0.15, -0.1) is 0 Å². The van der Waals surface area contributed by atoms with Gasteiger partial charge in [-0.2, -0.15) is 0 Å². The molecule has 256 valence electrons. The van der Waals surface area contributed by atoms with Crippen molar-refractivity contribution in [2.75, 3.05) is 27.4 Å². The maximum Gasteiger partial charge on any atom is 0.261 e. The van der Waals surface area contributed by atoms with E-state index in [1.807, 2.05) is 30.3 Å². The fourth-order valence-electron chi connectivity index (χ4n) is 7.54. The molecule has 0 aromatic heterocycles. The molecule has 0 heterocycles. The van der Waals surface area contributed by atoms with E-state index in [9.17, 15) is 0 Å². The Bertz CT molecular complexity index is 1320. The monoisotopic (exact) mass is 674 g/mol. The quantitative estimate of drug-likeness (QED) is 0.0620. The van der Waals surface area contributed by atoms with Crippen LogP contribution in [0.3, 0.4) is 0 Å². The molecule has 47 heavy (non-hydrogen) atoms. The van der Waals surface area contributed by atoms with E-state index >= 15 is 0 Å². The summed E-state index contributed by atoms with van der Waals surface area (Å²) in [4.78, 5) is 0. The highest BCUT2D eigenvalue weighted by molar-refractivity contribution is 6.99. The highest BCUT2D eigenvalue weighted by Crippen LogP contribution is 2.49. The van der Waals surface area contributed by atoms with E-state index < -0.39 is 16.6 Å². The Morgan fingerprint density at radius 3 is 1.91 bits per heavy atom. The highest BCUT2D eigenvalue weighted by atomic mass is 28.4. The van der Waals surface area contributed by atoms with Gasteiger partial charge in [-0.1, -0.05) is 99.6 Å². The van der Waals surface area contributed by atoms with E-state index in [4.69, 9.17) is 23.1 Å². The van der Waals surface area contributed by atoms with Crippen molar-refractivity contribution in [1.82, 2.24) is 0 Å².